The van der Waals surface area contributed by atoms with Crippen LogP contribution in [0, 0.1) is 18.3 Å². The summed E-state index contributed by atoms with van der Waals surface area (Å²) in [4.78, 5) is 4.45. The average Bonchev–Trinajstić information content (AvgIpc) is 3.46. The van der Waals surface area contributed by atoms with Gasteiger partial charge in [-0.25, -0.2) is 0 Å². The number of hydrogen-bond acceptors (Lipinski definition) is 4. The molecule has 174 valence electrons. The molecule has 1 aromatic carbocycles. The number of aliphatic imine (C=N–C) groups is 1. The first-order valence-electron chi connectivity index (χ1n) is 12.0. The fourth-order valence-electron chi connectivity index (χ4n) is 4.61. The minimum absolute atomic E-state index is 0.328. The Hall–Kier alpha value is -1.79. The Morgan fingerprint density at radius 2 is 2.10 bits per heavy atom. The van der Waals surface area contributed by atoms with Crippen LogP contribution < -0.4 is 15.4 Å². The molecule has 1 saturated carbocycles. The van der Waals surface area contributed by atoms with Gasteiger partial charge in [0.05, 0.1) is 13.2 Å². The van der Waals surface area contributed by atoms with E-state index in [0.717, 1.165) is 63.1 Å². The molecule has 31 heavy (non-hydrogen) atoms. The Balaban J connectivity index is 1.52. The van der Waals surface area contributed by atoms with Gasteiger partial charge < -0.3 is 24.8 Å². The molecule has 1 aliphatic carbocycles. The second-order valence-corrected chi connectivity index (χ2v) is 9.09. The number of ether oxygens (including phenoxy) is 3. The topological polar surface area (TPSA) is 64.1 Å². The van der Waals surface area contributed by atoms with Crippen LogP contribution in [0.4, 0.5) is 0 Å². The lowest BCUT2D eigenvalue weighted by Gasteiger charge is -2.30. The molecule has 0 bridgehead atoms. The molecule has 1 heterocycles. The quantitative estimate of drug-likeness (QED) is 0.314. The van der Waals surface area contributed by atoms with E-state index in [9.17, 15) is 0 Å². The highest BCUT2D eigenvalue weighted by atomic mass is 16.5. The molecule has 6 nitrogen and oxygen atoms in total. The van der Waals surface area contributed by atoms with Crippen LogP contribution >= 0.6 is 0 Å². The van der Waals surface area contributed by atoms with E-state index < -0.39 is 0 Å². The molecule has 0 aromatic heterocycles. The third-order valence-corrected chi connectivity index (χ3v) is 6.67. The van der Waals surface area contributed by atoms with Crippen LogP contribution in [0.1, 0.15) is 56.6 Å². The maximum Gasteiger partial charge on any atom is 0.191 e. The lowest BCUT2D eigenvalue weighted by atomic mass is 9.83. The van der Waals surface area contributed by atoms with Crippen molar-refractivity contribution in [2.24, 2.45) is 16.3 Å². The molecular formula is C25H41N3O3. The number of benzene rings is 1. The SMILES string of the molecule is CCOCCC1(CNC(=NC)NCc2ccc(C)cc2OCC2CCOC2)CCCC1. The summed E-state index contributed by atoms with van der Waals surface area (Å²) in [5.41, 5.74) is 2.69. The van der Waals surface area contributed by atoms with E-state index >= 15 is 0 Å². The zero-order valence-electron chi connectivity index (χ0n) is 19.7. The van der Waals surface area contributed by atoms with Gasteiger partial charge >= 0.3 is 0 Å². The number of hydrogen-bond donors (Lipinski definition) is 2. The molecule has 6 heteroatoms. The first-order valence-corrected chi connectivity index (χ1v) is 12.0. The molecule has 1 saturated heterocycles. The van der Waals surface area contributed by atoms with Crippen LogP contribution in [0.25, 0.3) is 0 Å². The smallest absolute Gasteiger partial charge is 0.191 e. The Morgan fingerprint density at radius 3 is 2.81 bits per heavy atom. The van der Waals surface area contributed by atoms with Gasteiger partial charge in [0, 0.05) is 51.4 Å². The highest BCUT2D eigenvalue weighted by Crippen LogP contribution is 2.40. The molecule has 2 fully saturated rings. The molecular weight excluding hydrogens is 390 g/mol. The highest BCUT2D eigenvalue weighted by molar-refractivity contribution is 5.79. The van der Waals surface area contributed by atoms with E-state index in [1.165, 1.54) is 31.2 Å². The molecule has 1 aromatic rings. The van der Waals surface area contributed by atoms with Crippen molar-refractivity contribution in [2.75, 3.05) is 46.6 Å². The second kappa shape index (κ2) is 12.3. The first kappa shape index (κ1) is 23.9. The summed E-state index contributed by atoms with van der Waals surface area (Å²) in [6.45, 7) is 9.81. The van der Waals surface area contributed by atoms with Gasteiger partial charge in [0.2, 0.25) is 0 Å². The van der Waals surface area contributed by atoms with Gasteiger partial charge in [0.25, 0.3) is 0 Å². The number of nitrogens with zero attached hydrogens (tertiary/aromatic N) is 1. The molecule has 2 aliphatic rings. The molecule has 0 amide bonds. The molecule has 0 spiro atoms. The fraction of sp³-hybridized carbons (Fsp3) is 0.720. The third-order valence-electron chi connectivity index (χ3n) is 6.67. The van der Waals surface area contributed by atoms with Gasteiger partial charge in [-0.15, -0.1) is 0 Å². The summed E-state index contributed by atoms with van der Waals surface area (Å²) < 4.78 is 17.3. The summed E-state index contributed by atoms with van der Waals surface area (Å²) >= 11 is 0. The van der Waals surface area contributed by atoms with Crippen molar-refractivity contribution in [3.05, 3.63) is 29.3 Å². The Labute approximate surface area is 188 Å². The van der Waals surface area contributed by atoms with Gasteiger partial charge in [0.15, 0.2) is 5.96 Å². The third kappa shape index (κ3) is 7.39. The van der Waals surface area contributed by atoms with Crippen LogP contribution in [0.15, 0.2) is 23.2 Å². The Bertz CT molecular complexity index is 695. The average molecular weight is 432 g/mol. The van der Waals surface area contributed by atoms with Crippen molar-refractivity contribution in [3.8, 4) is 5.75 Å². The minimum atomic E-state index is 0.328. The standard InChI is InChI=1S/C25H41N3O3/c1-4-29-14-12-25(10-5-6-11-25)19-28-24(26-3)27-16-22-8-7-20(2)15-23(22)31-18-21-9-13-30-17-21/h7-8,15,21H,4-6,9-14,16-19H2,1-3H3,(H2,26,27,28). The van der Waals surface area contributed by atoms with Crippen LogP contribution in [0.5, 0.6) is 5.75 Å². The normalized spacial score (nSPS) is 20.7. The lowest BCUT2D eigenvalue weighted by molar-refractivity contribution is 0.105. The van der Waals surface area contributed by atoms with Crippen molar-refractivity contribution < 1.29 is 14.2 Å². The number of aryl methyl sites for hydroxylation is 1. The summed E-state index contributed by atoms with van der Waals surface area (Å²) in [6, 6.07) is 6.42. The molecule has 1 atom stereocenters. The van der Waals surface area contributed by atoms with Gasteiger partial charge in [0.1, 0.15) is 5.75 Å². The molecule has 0 radical (unpaired) electrons. The predicted octanol–water partition coefficient (Wildman–Crippen LogP) is 4.06. The predicted molar refractivity (Wildman–Crippen MR) is 126 cm³/mol. The molecule has 3 rings (SSSR count). The number of guanidine groups is 1. The largest absolute Gasteiger partial charge is 0.493 e. The maximum absolute atomic E-state index is 6.19. The van der Waals surface area contributed by atoms with Crippen molar-refractivity contribution in [2.45, 2.75) is 58.9 Å². The Kier molecular flexibility index (Phi) is 9.47. The summed E-state index contributed by atoms with van der Waals surface area (Å²) in [5, 5.41) is 7.07. The van der Waals surface area contributed by atoms with E-state index in [-0.39, 0.29) is 0 Å². The van der Waals surface area contributed by atoms with E-state index in [4.69, 9.17) is 14.2 Å². The zero-order valence-corrected chi connectivity index (χ0v) is 19.7. The lowest BCUT2D eigenvalue weighted by Crippen LogP contribution is -2.43. The Morgan fingerprint density at radius 1 is 1.26 bits per heavy atom. The number of nitrogens with one attached hydrogen (secondary N) is 2. The number of rotatable bonds is 11. The van der Waals surface area contributed by atoms with E-state index in [1.807, 2.05) is 7.05 Å². The van der Waals surface area contributed by atoms with Crippen molar-refractivity contribution in [3.63, 3.8) is 0 Å². The van der Waals surface area contributed by atoms with E-state index in [0.29, 0.717) is 24.5 Å². The van der Waals surface area contributed by atoms with Crippen LogP contribution in [-0.2, 0) is 16.0 Å². The summed E-state index contributed by atoms with van der Waals surface area (Å²) in [6.07, 6.45) is 7.37. The summed E-state index contributed by atoms with van der Waals surface area (Å²) in [5.74, 6) is 2.30. The molecule has 2 N–H and O–H groups in total. The van der Waals surface area contributed by atoms with E-state index in [1.54, 1.807) is 0 Å². The van der Waals surface area contributed by atoms with Gasteiger partial charge in [-0.05, 0) is 56.6 Å². The van der Waals surface area contributed by atoms with Gasteiger partial charge in [-0.2, -0.15) is 0 Å². The monoisotopic (exact) mass is 431 g/mol. The zero-order chi connectivity index (χ0) is 21.9. The van der Waals surface area contributed by atoms with Crippen molar-refractivity contribution in [1.82, 2.24) is 10.6 Å². The molecule has 1 unspecified atom stereocenters. The van der Waals surface area contributed by atoms with Crippen molar-refractivity contribution in [1.29, 1.82) is 0 Å². The fourth-order valence-corrected chi connectivity index (χ4v) is 4.61. The van der Waals surface area contributed by atoms with Crippen LogP contribution in [0.3, 0.4) is 0 Å². The van der Waals surface area contributed by atoms with E-state index in [2.05, 4.69) is 47.7 Å². The second-order valence-electron chi connectivity index (χ2n) is 9.09. The first-order chi connectivity index (χ1) is 15.1. The highest BCUT2D eigenvalue weighted by Gasteiger charge is 2.33. The van der Waals surface area contributed by atoms with Gasteiger partial charge in [-0.3, -0.25) is 4.99 Å². The minimum Gasteiger partial charge on any atom is -0.493 e. The maximum atomic E-state index is 6.19. The van der Waals surface area contributed by atoms with Gasteiger partial charge in [-0.1, -0.05) is 25.0 Å². The van der Waals surface area contributed by atoms with Crippen LogP contribution in [0.2, 0.25) is 0 Å². The molecule has 1 aliphatic heterocycles. The van der Waals surface area contributed by atoms with Crippen molar-refractivity contribution >= 4 is 5.96 Å². The summed E-state index contributed by atoms with van der Waals surface area (Å²) in [7, 11) is 1.84. The van der Waals surface area contributed by atoms with Crippen LogP contribution in [-0.4, -0.2) is 52.6 Å².